The largest absolute Gasteiger partial charge is 0.472 e. The molecule has 0 saturated carbocycles. The zero-order valence-electron chi connectivity index (χ0n) is 45.5. The van der Waals surface area contributed by atoms with Crippen molar-refractivity contribution in [3.63, 3.8) is 0 Å². The molecule has 0 radical (unpaired) electrons. The van der Waals surface area contributed by atoms with E-state index in [1.807, 2.05) is 0 Å². The maximum absolute atomic E-state index is 12.7. The van der Waals surface area contributed by atoms with E-state index in [0.717, 1.165) is 70.6 Å². The highest BCUT2D eigenvalue weighted by Crippen LogP contribution is 2.43. The quantitative estimate of drug-likeness (QED) is 0.0264. The lowest BCUT2D eigenvalue weighted by atomic mass is 10.0. The molecule has 0 aliphatic rings. The zero-order chi connectivity index (χ0) is 51.0. The number of hydrogen-bond donors (Lipinski definition) is 2. The molecule has 0 saturated heterocycles. The minimum absolute atomic E-state index is 0.0533. The summed E-state index contributed by atoms with van der Waals surface area (Å²) in [5.41, 5.74) is 5.38. The van der Waals surface area contributed by atoms with Crippen LogP contribution < -0.4 is 5.73 Å². The first-order chi connectivity index (χ1) is 34.3. The van der Waals surface area contributed by atoms with E-state index in [4.69, 9.17) is 24.3 Å². The summed E-state index contributed by atoms with van der Waals surface area (Å²) >= 11 is 0. The fraction of sp³-hybridized carbons (Fsp3) is 0.800. The van der Waals surface area contributed by atoms with E-state index in [2.05, 4.69) is 74.6 Å². The number of allylic oxidation sites excluding steroid dienone is 10. The number of unbranched alkanes of at least 4 members (excludes halogenated alkanes) is 32. The Balaban J connectivity index is 3.95. The van der Waals surface area contributed by atoms with E-state index in [0.29, 0.717) is 6.42 Å². The Labute approximate surface area is 431 Å². The van der Waals surface area contributed by atoms with Gasteiger partial charge in [-0.25, -0.2) is 4.57 Å². The van der Waals surface area contributed by atoms with Gasteiger partial charge >= 0.3 is 19.8 Å². The second-order valence-electron chi connectivity index (χ2n) is 19.5. The second-order valence-corrected chi connectivity index (χ2v) is 20.9. The minimum atomic E-state index is -4.39. The van der Waals surface area contributed by atoms with Gasteiger partial charge in [-0.05, 0) is 57.8 Å². The average molecular weight is 1000 g/mol. The molecule has 0 aromatic carbocycles. The standard InChI is InChI=1S/C60H110NO8P/c1-3-5-7-9-11-13-15-17-19-21-23-25-26-27-28-29-30-31-32-33-35-37-39-41-43-45-47-49-51-53-60(63)69-58(57-68-70(64,65)67-55-54-61)56-66-59(62)52-50-48-46-44-42-40-38-36-34-24-22-20-18-16-14-12-10-8-6-4-2/h5,7,11,13,17,19,23,25,27-28,58H,3-4,6,8-10,12,14-16,18,20-22,24,26,29-57,61H2,1-2H3,(H,64,65)/b7-5-,13-11-,19-17-,25-23-,28-27-. The van der Waals surface area contributed by atoms with E-state index in [1.54, 1.807) is 0 Å². The van der Waals surface area contributed by atoms with Gasteiger partial charge in [0.15, 0.2) is 6.10 Å². The van der Waals surface area contributed by atoms with Crippen LogP contribution in [0.15, 0.2) is 60.8 Å². The zero-order valence-corrected chi connectivity index (χ0v) is 46.4. The fourth-order valence-electron chi connectivity index (χ4n) is 8.37. The molecule has 0 bridgehead atoms. The number of esters is 2. The van der Waals surface area contributed by atoms with Crippen molar-refractivity contribution in [3.05, 3.63) is 60.8 Å². The van der Waals surface area contributed by atoms with Crippen molar-refractivity contribution >= 4 is 19.8 Å². The first kappa shape index (κ1) is 67.7. The Bertz CT molecular complexity index is 1330. The van der Waals surface area contributed by atoms with Crippen LogP contribution in [0.25, 0.3) is 0 Å². The van der Waals surface area contributed by atoms with Crippen LogP contribution in [0, 0.1) is 0 Å². The normalized spacial score (nSPS) is 13.5. The number of carbonyl (C=O) groups excluding carboxylic acids is 2. The number of hydrogen-bond acceptors (Lipinski definition) is 8. The molecule has 0 aliphatic heterocycles. The van der Waals surface area contributed by atoms with Gasteiger partial charge in [0.25, 0.3) is 0 Å². The molecule has 3 N–H and O–H groups in total. The number of rotatable bonds is 55. The number of nitrogens with two attached hydrogens (primary N) is 1. The van der Waals surface area contributed by atoms with Crippen molar-refractivity contribution in [2.75, 3.05) is 26.4 Å². The van der Waals surface area contributed by atoms with Crippen molar-refractivity contribution < 1.29 is 37.6 Å². The highest BCUT2D eigenvalue weighted by atomic mass is 31.2. The van der Waals surface area contributed by atoms with Gasteiger partial charge in [-0.3, -0.25) is 18.6 Å². The summed E-state index contributed by atoms with van der Waals surface area (Å²) in [5.74, 6) is -0.817. The van der Waals surface area contributed by atoms with E-state index in [9.17, 15) is 19.0 Å². The number of phosphoric ester groups is 1. The van der Waals surface area contributed by atoms with Gasteiger partial charge in [0.2, 0.25) is 0 Å². The molecule has 0 fully saturated rings. The molecule has 70 heavy (non-hydrogen) atoms. The van der Waals surface area contributed by atoms with Crippen molar-refractivity contribution in [2.24, 2.45) is 5.73 Å². The molecular formula is C60H110NO8P. The molecule has 0 aromatic rings. The van der Waals surface area contributed by atoms with Crippen LogP contribution in [0.2, 0.25) is 0 Å². The maximum Gasteiger partial charge on any atom is 0.472 e. The minimum Gasteiger partial charge on any atom is -0.462 e. The first-order valence-electron chi connectivity index (χ1n) is 29.3. The molecule has 0 amide bonds. The van der Waals surface area contributed by atoms with Crippen LogP contribution in [-0.2, 0) is 32.7 Å². The van der Waals surface area contributed by atoms with Gasteiger partial charge in [0, 0.05) is 19.4 Å². The topological polar surface area (TPSA) is 134 Å². The molecule has 9 nitrogen and oxygen atoms in total. The second kappa shape index (κ2) is 56.0. The van der Waals surface area contributed by atoms with Crippen LogP contribution in [0.5, 0.6) is 0 Å². The molecule has 0 aliphatic carbocycles. The summed E-state index contributed by atoms with van der Waals surface area (Å²) in [5, 5.41) is 0. The van der Waals surface area contributed by atoms with Crippen molar-refractivity contribution in [1.29, 1.82) is 0 Å². The molecular weight excluding hydrogens is 894 g/mol. The molecule has 2 unspecified atom stereocenters. The summed E-state index contributed by atoms with van der Waals surface area (Å²) < 4.78 is 33.1. The highest BCUT2D eigenvalue weighted by molar-refractivity contribution is 7.47. The molecule has 0 heterocycles. The lowest BCUT2D eigenvalue weighted by Crippen LogP contribution is -2.29. The van der Waals surface area contributed by atoms with Crippen molar-refractivity contribution in [3.8, 4) is 0 Å². The highest BCUT2D eigenvalue weighted by Gasteiger charge is 2.26. The predicted octanol–water partition coefficient (Wildman–Crippen LogP) is 18.3. The van der Waals surface area contributed by atoms with E-state index >= 15 is 0 Å². The van der Waals surface area contributed by atoms with E-state index in [1.165, 1.54) is 173 Å². The van der Waals surface area contributed by atoms with Gasteiger partial charge in [-0.1, -0.05) is 267 Å². The van der Waals surface area contributed by atoms with E-state index in [-0.39, 0.29) is 38.6 Å². The lowest BCUT2D eigenvalue weighted by Gasteiger charge is -2.19. The molecule has 10 heteroatoms. The summed E-state index contributed by atoms with van der Waals surface area (Å²) in [6, 6.07) is 0. The molecule has 2 atom stereocenters. The van der Waals surface area contributed by atoms with Crippen LogP contribution in [-0.4, -0.2) is 49.3 Å². The van der Waals surface area contributed by atoms with Crippen molar-refractivity contribution in [2.45, 2.75) is 283 Å². The Hall–Kier alpha value is -2.29. The summed E-state index contributed by atoms with van der Waals surface area (Å²) in [4.78, 5) is 35.2. The Morgan fingerprint density at radius 2 is 0.786 bits per heavy atom. The summed E-state index contributed by atoms with van der Waals surface area (Å²) in [7, 11) is -4.39. The van der Waals surface area contributed by atoms with Crippen molar-refractivity contribution in [1.82, 2.24) is 0 Å². The molecule has 408 valence electrons. The van der Waals surface area contributed by atoms with Crippen LogP contribution >= 0.6 is 7.82 Å². The summed E-state index contributed by atoms with van der Waals surface area (Å²) in [6.07, 6.45) is 69.9. The van der Waals surface area contributed by atoms with Gasteiger partial charge < -0.3 is 20.1 Å². The predicted molar refractivity (Wildman–Crippen MR) is 298 cm³/mol. The smallest absolute Gasteiger partial charge is 0.462 e. The Morgan fingerprint density at radius 1 is 0.443 bits per heavy atom. The van der Waals surface area contributed by atoms with Crippen LogP contribution in [0.3, 0.4) is 0 Å². The van der Waals surface area contributed by atoms with Crippen LogP contribution in [0.1, 0.15) is 277 Å². The average Bonchev–Trinajstić information content (AvgIpc) is 3.35. The van der Waals surface area contributed by atoms with E-state index < -0.39 is 26.5 Å². The third-order valence-electron chi connectivity index (χ3n) is 12.7. The van der Waals surface area contributed by atoms with Gasteiger partial charge in [0.05, 0.1) is 13.2 Å². The van der Waals surface area contributed by atoms with Gasteiger partial charge in [0.1, 0.15) is 6.61 Å². The van der Waals surface area contributed by atoms with Gasteiger partial charge in [-0.15, -0.1) is 0 Å². The number of ether oxygens (including phenoxy) is 2. The monoisotopic (exact) mass is 1000 g/mol. The fourth-order valence-corrected chi connectivity index (χ4v) is 9.14. The lowest BCUT2D eigenvalue weighted by molar-refractivity contribution is -0.161. The number of phosphoric acid groups is 1. The van der Waals surface area contributed by atoms with Crippen LogP contribution in [0.4, 0.5) is 0 Å². The third kappa shape index (κ3) is 55.0. The molecule has 0 aromatic heterocycles. The number of carbonyl (C=O) groups is 2. The molecule has 0 spiro atoms. The SMILES string of the molecule is CC/C=C\C/C=C\C/C=C\C/C=C\C/C=C\CCCCCCCCCCCCCCCC(=O)OC(COC(=O)CCCCCCCCCCCCCCCCCCCCCC)COP(=O)(O)OCCN. The van der Waals surface area contributed by atoms with Gasteiger partial charge in [-0.2, -0.15) is 0 Å². The summed E-state index contributed by atoms with van der Waals surface area (Å²) in [6.45, 7) is 3.67. The Kier molecular flexibility index (Phi) is 54.2. The Morgan fingerprint density at radius 3 is 1.17 bits per heavy atom. The molecule has 0 rings (SSSR count). The first-order valence-corrected chi connectivity index (χ1v) is 30.8. The maximum atomic E-state index is 12.7. The third-order valence-corrected chi connectivity index (χ3v) is 13.7.